The second-order valence-electron chi connectivity index (χ2n) is 5.17. The second-order valence-corrected chi connectivity index (χ2v) is 5.17. The summed E-state index contributed by atoms with van der Waals surface area (Å²) in [6, 6.07) is 7.43. The molecule has 1 aliphatic heterocycles. The van der Waals surface area contributed by atoms with Crippen LogP contribution >= 0.6 is 0 Å². The number of rotatable bonds is 2. The van der Waals surface area contributed by atoms with Crippen molar-refractivity contribution in [3.05, 3.63) is 48.0 Å². The summed E-state index contributed by atoms with van der Waals surface area (Å²) in [5.74, 6) is -1.70. The number of para-hydroxylation sites is 1. The van der Waals surface area contributed by atoms with E-state index in [1.807, 2.05) is 24.3 Å². The predicted molar refractivity (Wildman–Crippen MR) is 76.2 cm³/mol. The fourth-order valence-corrected chi connectivity index (χ4v) is 2.65. The van der Waals surface area contributed by atoms with Crippen LogP contribution < -0.4 is 4.90 Å². The molecule has 1 aliphatic rings. The van der Waals surface area contributed by atoms with Crippen molar-refractivity contribution in [2.24, 2.45) is 13.0 Å². The molecule has 6 nitrogen and oxygen atoms in total. The molecule has 6 heteroatoms. The summed E-state index contributed by atoms with van der Waals surface area (Å²) >= 11 is 0. The van der Waals surface area contributed by atoms with Crippen molar-refractivity contribution >= 4 is 17.6 Å². The van der Waals surface area contributed by atoms with E-state index in [1.54, 1.807) is 17.9 Å². The maximum atomic E-state index is 12.7. The molecule has 0 radical (unpaired) electrons. The highest BCUT2D eigenvalue weighted by Gasteiger charge is 2.33. The minimum absolute atomic E-state index is 0.177. The fourth-order valence-electron chi connectivity index (χ4n) is 2.65. The van der Waals surface area contributed by atoms with E-state index in [0.717, 1.165) is 11.3 Å². The SMILES string of the molecule is Cn1cncc1C(=O)N1CC(C(=O)O)Cc2ccccc21. The molecule has 1 unspecified atom stereocenters. The van der Waals surface area contributed by atoms with Gasteiger partial charge < -0.3 is 14.6 Å². The van der Waals surface area contributed by atoms with E-state index in [0.29, 0.717) is 12.1 Å². The highest BCUT2D eigenvalue weighted by atomic mass is 16.4. The van der Waals surface area contributed by atoms with Crippen molar-refractivity contribution in [2.45, 2.75) is 6.42 Å². The number of hydrogen-bond acceptors (Lipinski definition) is 3. The zero-order valence-corrected chi connectivity index (χ0v) is 11.6. The Morgan fingerprint density at radius 2 is 2.10 bits per heavy atom. The first-order valence-electron chi connectivity index (χ1n) is 6.67. The fraction of sp³-hybridized carbons (Fsp3) is 0.267. The molecule has 3 rings (SSSR count). The molecule has 0 saturated heterocycles. The van der Waals surface area contributed by atoms with Crippen LogP contribution in [0.15, 0.2) is 36.8 Å². The molecule has 0 bridgehead atoms. The largest absolute Gasteiger partial charge is 0.481 e. The van der Waals surface area contributed by atoms with Gasteiger partial charge in [-0.1, -0.05) is 18.2 Å². The van der Waals surface area contributed by atoms with Gasteiger partial charge >= 0.3 is 5.97 Å². The standard InChI is InChI=1S/C15H15N3O3/c1-17-9-16-7-13(17)14(19)18-8-11(15(20)21)6-10-4-2-3-5-12(10)18/h2-5,7,9,11H,6,8H2,1H3,(H,20,21). The molecule has 1 N–H and O–H groups in total. The number of benzene rings is 1. The molecule has 1 aromatic heterocycles. The van der Waals surface area contributed by atoms with Gasteiger partial charge in [0.1, 0.15) is 5.69 Å². The Kier molecular flexibility index (Phi) is 3.21. The number of carbonyl (C=O) groups is 2. The molecule has 0 saturated carbocycles. The summed E-state index contributed by atoms with van der Waals surface area (Å²) < 4.78 is 1.63. The number of imidazole rings is 1. The molecule has 0 aliphatic carbocycles. The van der Waals surface area contributed by atoms with Crippen LogP contribution in [0.3, 0.4) is 0 Å². The lowest BCUT2D eigenvalue weighted by Crippen LogP contribution is -2.43. The summed E-state index contributed by atoms with van der Waals surface area (Å²) in [7, 11) is 1.74. The highest BCUT2D eigenvalue weighted by Crippen LogP contribution is 2.30. The van der Waals surface area contributed by atoms with Crippen molar-refractivity contribution in [1.82, 2.24) is 9.55 Å². The van der Waals surface area contributed by atoms with Crippen molar-refractivity contribution in [1.29, 1.82) is 0 Å². The summed E-state index contributed by atoms with van der Waals surface area (Å²) in [5, 5.41) is 9.29. The van der Waals surface area contributed by atoms with Crippen LogP contribution in [-0.4, -0.2) is 33.1 Å². The van der Waals surface area contributed by atoms with Crippen molar-refractivity contribution in [3.8, 4) is 0 Å². The molecule has 0 fully saturated rings. The number of hydrogen-bond donors (Lipinski definition) is 1. The minimum Gasteiger partial charge on any atom is -0.481 e. The van der Waals surface area contributed by atoms with E-state index in [1.165, 1.54) is 11.1 Å². The van der Waals surface area contributed by atoms with E-state index in [2.05, 4.69) is 4.98 Å². The number of carbonyl (C=O) groups excluding carboxylic acids is 1. The van der Waals surface area contributed by atoms with Gasteiger partial charge in [-0.05, 0) is 18.1 Å². The molecular formula is C15H15N3O3. The van der Waals surface area contributed by atoms with Gasteiger partial charge in [-0.3, -0.25) is 9.59 Å². The van der Waals surface area contributed by atoms with E-state index in [-0.39, 0.29) is 12.5 Å². The van der Waals surface area contributed by atoms with Gasteiger partial charge in [0.15, 0.2) is 0 Å². The molecule has 108 valence electrons. The predicted octanol–water partition coefficient (Wildman–Crippen LogP) is 1.32. The Morgan fingerprint density at radius 3 is 2.76 bits per heavy atom. The van der Waals surface area contributed by atoms with Crippen molar-refractivity contribution in [3.63, 3.8) is 0 Å². The Morgan fingerprint density at radius 1 is 1.33 bits per heavy atom. The number of aryl methyl sites for hydroxylation is 1. The third kappa shape index (κ3) is 2.29. The Balaban J connectivity index is 2.02. The monoisotopic (exact) mass is 285 g/mol. The number of aliphatic carboxylic acids is 1. The first kappa shape index (κ1) is 13.4. The number of amides is 1. The van der Waals surface area contributed by atoms with E-state index in [4.69, 9.17) is 0 Å². The van der Waals surface area contributed by atoms with Crippen LogP contribution in [-0.2, 0) is 18.3 Å². The zero-order chi connectivity index (χ0) is 15.0. The maximum Gasteiger partial charge on any atom is 0.308 e. The second kappa shape index (κ2) is 5.05. The van der Waals surface area contributed by atoms with Crippen LogP contribution in [0.5, 0.6) is 0 Å². The van der Waals surface area contributed by atoms with Crippen LogP contribution in [0.25, 0.3) is 0 Å². The van der Waals surface area contributed by atoms with Crippen molar-refractivity contribution < 1.29 is 14.7 Å². The highest BCUT2D eigenvalue weighted by molar-refractivity contribution is 6.06. The van der Waals surface area contributed by atoms with Crippen LogP contribution in [0.2, 0.25) is 0 Å². The van der Waals surface area contributed by atoms with E-state index < -0.39 is 11.9 Å². The van der Waals surface area contributed by atoms with Crippen LogP contribution in [0.1, 0.15) is 16.1 Å². The van der Waals surface area contributed by atoms with Gasteiger partial charge in [0.05, 0.1) is 18.4 Å². The van der Waals surface area contributed by atoms with Crippen LogP contribution in [0, 0.1) is 5.92 Å². The molecule has 0 spiro atoms. The Labute approximate surface area is 121 Å². The van der Waals surface area contributed by atoms with Gasteiger partial charge in [0.2, 0.25) is 0 Å². The number of carboxylic acids is 1. The number of carboxylic acid groups (broad SMARTS) is 1. The molecule has 1 amide bonds. The first-order valence-corrected chi connectivity index (χ1v) is 6.67. The first-order chi connectivity index (χ1) is 10.1. The lowest BCUT2D eigenvalue weighted by atomic mass is 9.92. The minimum atomic E-state index is -0.882. The average molecular weight is 285 g/mol. The molecule has 1 atom stereocenters. The Bertz CT molecular complexity index is 708. The molecule has 2 aromatic rings. The number of aromatic nitrogens is 2. The summed E-state index contributed by atoms with van der Waals surface area (Å²) in [6.07, 6.45) is 3.49. The van der Waals surface area contributed by atoms with Gasteiger partial charge in [0.25, 0.3) is 5.91 Å². The van der Waals surface area contributed by atoms with E-state index in [9.17, 15) is 14.7 Å². The summed E-state index contributed by atoms with van der Waals surface area (Å²) in [4.78, 5) is 29.5. The quantitative estimate of drug-likeness (QED) is 0.903. The van der Waals surface area contributed by atoms with E-state index >= 15 is 0 Å². The Hall–Kier alpha value is -2.63. The summed E-state index contributed by atoms with van der Waals surface area (Å²) in [5.41, 5.74) is 2.10. The van der Waals surface area contributed by atoms with Crippen molar-refractivity contribution in [2.75, 3.05) is 11.4 Å². The lowest BCUT2D eigenvalue weighted by Gasteiger charge is -2.32. The third-order valence-corrected chi connectivity index (χ3v) is 3.78. The number of anilines is 1. The lowest BCUT2D eigenvalue weighted by molar-refractivity contribution is -0.141. The topological polar surface area (TPSA) is 75.4 Å². The normalized spacial score (nSPS) is 17.4. The molecule has 2 heterocycles. The van der Waals surface area contributed by atoms with Gasteiger partial charge in [-0.2, -0.15) is 0 Å². The third-order valence-electron chi connectivity index (χ3n) is 3.78. The van der Waals surface area contributed by atoms with Gasteiger partial charge in [-0.15, -0.1) is 0 Å². The molecular weight excluding hydrogens is 270 g/mol. The smallest absolute Gasteiger partial charge is 0.308 e. The molecule has 1 aromatic carbocycles. The number of fused-ring (bicyclic) bond motifs is 1. The zero-order valence-electron chi connectivity index (χ0n) is 11.6. The van der Waals surface area contributed by atoms with Gasteiger partial charge in [-0.25, -0.2) is 4.98 Å². The maximum absolute atomic E-state index is 12.7. The summed E-state index contributed by atoms with van der Waals surface area (Å²) in [6.45, 7) is 0.177. The number of nitrogens with zero attached hydrogens (tertiary/aromatic N) is 3. The van der Waals surface area contributed by atoms with Crippen LogP contribution in [0.4, 0.5) is 5.69 Å². The average Bonchev–Trinajstić information content (AvgIpc) is 2.91. The molecule has 21 heavy (non-hydrogen) atoms. The van der Waals surface area contributed by atoms with Gasteiger partial charge in [0, 0.05) is 19.3 Å².